The number of ketones is 1. The number of carbonyl (C=O) groups excluding carboxylic acids is 1. The first-order chi connectivity index (χ1) is 6.20. The number of rotatable bonds is 0. The monoisotopic (exact) mass is 178 g/mol. The lowest BCUT2D eigenvalue weighted by atomic mass is 9.77. The van der Waals surface area contributed by atoms with E-state index in [1.807, 2.05) is 0 Å². The summed E-state index contributed by atoms with van der Waals surface area (Å²) in [5, 5.41) is 0. The van der Waals surface area contributed by atoms with E-state index >= 15 is 0 Å². The lowest BCUT2D eigenvalue weighted by Gasteiger charge is -2.27. The molecule has 3 aliphatic carbocycles. The van der Waals surface area contributed by atoms with E-state index in [0.717, 1.165) is 23.7 Å². The third-order valence-corrected chi connectivity index (χ3v) is 5.10. The predicted octanol–water partition coefficient (Wildman–Crippen LogP) is 2.50. The molecule has 0 aromatic heterocycles. The molecule has 3 rings (SSSR count). The molecule has 13 heavy (non-hydrogen) atoms. The van der Waals surface area contributed by atoms with Gasteiger partial charge in [-0.2, -0.15) is 0 Å². The van der Waals surface area contributed by atoms with Gasteiger partial charge < -0.3 is 0 Å². The van der Waals surface area contributed by atoms with Crippen molar-refractivity contribution >= 4 is 5.78 Å². The number of hydrogen-bond acceptors (Lipinski definition) is 1. The third kappa shape index (κ3) is 0.812. The van der Waals surface area contributed by atoms with Crippen LogP contribution in [-0.2, 0) is 4.79 Å². The van der Waals surface area contributed by atoms with Gasteiger partial charge in [-0.15, -0.1) is 0 Å². The van der Waals surface area contributed by atoms with Crippen LogP contribution in [0.2, 0.25) is 0 Å². The van der Waals surface area contributed by atoms with E-state index in [-0.39, 0.29) is 0 Å². The molecule has 0 aliphatic heterocycles. The molecule has 1 nitrogen and oxygen atoms in total. The molecular weight excluding hydrogens is 160 g/mol. The minimum Gasteiger partial charge on any atom is -0.299 e. The van der Waals surface area contributed by atoms with E-state index in [1.54, 1.807) is 0 Å². The second kappa shape index (κ2) is 2.37. The number of carbonyl (C=O) groups is 1. The normalized spacial score (nSPS) is 58.8. The maximum absolute atomic E-state index is 11.8. The molecule has 0 aromatic rings. The first-order valence-corrected chi connectivity index (χ1v) is 5.74. The third-order valence-electron chi connectivity index (χ3n) is 5.10. The summed E-state index contributed by atoms with van der Waals surface area (Å²) in [5.41, 5.74) is 0. The molecule has 6 atom stereocenters. The SMILES string of the molecule is CC1C(=O)[C@@H](C)C2C3CCC(C3)C12. The van der Waals surface area contributed by atoms with Gasteiger partial charge in [0.15, 0.2) is 0 Å². The van der Waals surface area contributed by atoms with Crippen LogP contribution in [0.15, 0.2) is 0 Å². The molecule has 2 bridgehead atoms. The van der Waals surface area contributed by atoms with Crippen molar-refractivity contribution in [2.45, 2.75) is 33.1 Å². The van der Waals surface area contributed by atoms with Crippen LogP contribution in [0, 0.1) is 35.5 Å². The lowest BCUT2D eigenvalue weighted by Crippen LogP contribution is -2.22. The highest BCUT2D eigenvalue weighted by Crippen LogP contribution is 2.61. The van der Waals surface area contributed by atoms with Gasteiger partial charge in [-0.25, -0.2) is 0 Å². The fourth-order valence-corrected chi connectivity index (χ4v) is 4.66. The van der Waals surface area contributed by atoms with Gasteiger partial charge in [0.05, 0.1) is 0 Å². The zero-order chi connectivity index (χ0) is 9.16. The average molecular weight is 178 g/mol. The van der Waals surface area contributed by atoms with E-state index < -0.39 is 0 Å². The Balaban J connectivity index is 1.98. The van der Waals surface area contributed by atoms with Gasteiger partial charge in [-0.05, 0) is 42.9 Å². The number of hydrogen-bond donors (Lipinski definition) is 0. The quantitative estimate of drug-likeness (QED) is 0.557. The zero-order valence-corrected chi connectivity index (χ0v) is 8.49. The van der Waals surface area contributed by atoms with Crippen molar-refractivity contribution < 1.29 is 4.79 Å². The summed E-state index contributed by atoms with van der Waals surface area (Å²) < 4.78 is 0. The van der Waals surface area contributed by atoms with Gasteiger partial charge in [0.1, 0.15) is 5.78 Å². The Labute approximate surface area is 79.9 Å². The Kier molecular flexibility index (Phi) is 1.46. The van der Waals surface area contributed by atoms with Gasteiger partial charge in [0.25, 0.3) is 0 Å². The predicted molar refractivity (Wildman–Crippen MR) is 51.1 cm³/mol. The standard InChI is InChI=1S/C12H18O/c1-6-10-8-3-4-9(5-8)11(10)7(2)12(6)13/h6-11H,3-5H2,1-2H3/t6-,7?,8?,9?,10?,11?/m0/s1. The Bertz CT molecular complexity index is 234. The first kappa shape index (κ1) is 8.02. The van der Waals surface area contributed by atoms with Crippen molar-refractivity contribution in [3.8, 4) is 0 Å². The van der Waals surface area contributed by atoms with E-state index in [9.17, 15) is 4.79 Å². The summed E-state index contributed by atoms with van der Waals surface area (Å²) in [6.07, 6.45) is 4.27. The highest BCUT2D eigenvalue weighted by atomic mass is 16.1. The van der Waals surface area contributed by atoms with Gasteiger partial charge in [-0.3, -0.25) is 4.79 Å². The first-order valence-electron chi connectivity index (χ1n) is 5.74. The van der Waals surface area contributed by atoms with Crippen LogP contribution in [0.1, 0.15) is 33.1 Å². The molecule has 5 unspecified atom stereocenters. The molecule has 72 valence electrons. The van der Waals surface area contributed by atoms with E-state index in [1.165, 1.54) is 19.3 Å². The molecule has 0 aromatic carbocycles. The van der Waals surface area contributed by atoms with Crippen LogP contribution in [0.25, 0.3) is 0 Å². The number of Topliss-reactive ketones (excluding diaryl/α,β-unsaturated/α-hetero) is 1. The van der Waals surface area contributed by atoms with Crippen molar-refractivity contribution in [1.29, 1.82) is 0 Å². The van der Waals surface area contributed by atoms with E-state index in [2.05, 4.69) is 13.8 Å². The number of fused-ring (bicyclic) bond motifs is 5. The summed E-state index contributed by atoms with van der Waals surface area (Å²) >= 11 is 0. The molecular formula is C12H18O. The highest BCUT2D eigenvalue weighted by molar-refractivity contribution is 5.86. The topological polar surface area (TPSA) is 17.1 Å². The largest absolute Gasteiger partial charge is 0.299 e. The van der Waals surface area contributed by atoms with E-state index in [0.29, 0.717) is 17.6 Å². The molecule has 3 aliphatic rings. The van der Waals surface area contributed by atoms with Crippen LogP contribution < -0.4 is 0 Å². The molecule has 0 saturated heterocycles. The Morgan fingerprint density at radius 1 is 1.00 bits per heavy atom. The zero-order valence-electron chi connectivity index (χ0n) is 8.49. The summed E-state index contributed by atoms with van der Waals surface area (Å²) in [4.78, 5) is 11.8. The minimum absolute atomic E-state index is 0.385. The lowest BCUT2D eigenvalue weighted by molar-refractivity contribution is -0.124. The van der Waals surface area contributed by atoms with E-state index in [4.69, 9.17) is 0 Å². The van der Waals surface area contributed by atoms with Gasteiger partial charge in [0.2, 0.25) is 0 Å². The maximum atomic E-state index is 11.8. The van der Waals surface area contributed by atoms with Crippen molar-refractivity contribution in [2.75, 3.05) is 0 Å². The fourth-order valence-electron chi connectivity index (χ4n) is 4.66. The second-order valence-electron chi connectivity index (χ2n) is 5.47. The summed E-state index contributed by atoms with van der Waals surface area (Å²) in [6.45, 7) is 4.34. The molecule has 3 fully saturated rings. The highest BCUT2D eigenvalue weighted by Gasteiger charge is 2.58. The van der Waals surface area contributed by atoms with Crippen molar-refractivity contribution in [3.05, 3.63) is 0 Å². The van der Waals surface area contributed by atoms with Crippen molar-refractivity contribution in [1.82, 2.24) is 0 Å². The van der Waals surface area contributed by atoms with Gasteiger partial charge in [0, 0.05) is 11.8 Å². The van der Waals surface area contributed by atoms with Crippen LogP contribution in [0.5, 0.6) is 0 Å². The molecule has 0 amide bonds. The molecule has 0 heterocycles. The molecule has 0 N–H and O–H groups in total. The maximum Gasteiger partial charge on any atom is 0.139 e. The summed E-state index contributed by atoms with van der Waals surface area (Å²) in [5.74, 6) is 4.72. The van der Waals surface area contributed by atoms with Gasteiger partial charge >= 0.3 is 0 Å². The van der Waals surface area contributed by atoms with Crippen LogP contribution >= 0.6 is 0 Å². The Hall–Kier alpha value is -0.330. The van der Waals surface area contributed by atoms with Crippen LogP contribution in [0.4, 0.5) is 0 Å². The second-order valence-corrected chi connectivity index (χ2v) is 5.47. The smallest absolute Gasteiger partial charge is 0.139 e. The molecule has 0 spiro atoms. The summed E-state index contributed by atoms with van der Waals surface area (Å²) in [6, 6.07) is 0. The van der Waals surface area contributed by atoms with Gasteiger partial charge in [-0.1, -0.05) is 13.8 Å². The average Bonchev–Trinajstić information content (AvgIpc) is 2.76. The Morgan fingerprint density at radius 3 is 1.92 bits per heavy atom. The molecule has 3 saturated carbocycles. The van der Waals surface area contributed by atoms with Crippen molar-refractivity contribution in [2.24, 2.45) is 35.5 Å². The summed E-state index contributed by atoms with van der Waals surface area (Å²) in [7, 11) is 0. The molecule has 0 radical (unpaired) electrons. The van der Waals surface area contributed by atoms with Crippen LogP contribution in [-0.4, -0.2) is 5.78 Å². The van der Waals surface area contributed by atoms with Crippen molar-refractivity contribution in [3.63, 3.8) is 0 Å². The Morgan fingerprint density at radius 2 is 1.46 bits per heavy atom. The fraction of sp³-hybridized carbons (Fsp3) is 0.917. The minimum atomic E-state index is 0.385. The molecule has 1 heteroatoms. The van der Waals surface area contributed by atoms with Crippen LogP contribution in [0.3, 0.4) is 0 Å².